The van der Waals surface area contributed by atoms with Crippen LogP contribution in [0.3, 0.4) is 0 Å². The van der Waals surface area contributed by atoms with Gasteiger partial charge in [-0.1, -0.05) is 0 Å². The minimum absolute atomic E-state index is 0. The average molecular weight is 197 g/mol. The molecule has 5 nitrogen and oxygen atoms in total. The first-order valence-corrected chi connectivity index (χ1v) is 1.58. The third kappa shape index (κ3) is 54.3. The van der Waals surface area contributed by atoms with Crippen molar-refractivity contribution < 1.29 is 26.3 Å². The molecule has 10 heavy (non-hydrogen) atoms. The van der Waals surface area contributed by atoms with Crippen molar-refractivity contribution in [3.05, 3.63) is 0 Å². The van der Waals surface area contributed by atoms with Gasteiger partial charge in [0.2, 0.25) is 0 Å². The molecule has 0 aromatic rings. The molecule has 8 heteroatoms. The molecule has 0 aliphatic rings. The third-order valence-corrected chi connectivity index (χ3v) is 0.343. The third-order valence-electron chi connectivity index (χ3n) is 0.114. The van der Waals surface area contributed by atoms with Crippen LogP contribution in [0.25, 0.3) is 0 Å². The first kappa shape index (κ1) is 41.4. The quantitative estimate of drug-likeness (QED) is 0.345. The average Bonchev–Trinajstić information content (AvgIpc) is 1.38. The van der Waals surface area contributed by atoms with Crippen LogP contribution in [0.2, 0.25) is 0 Å². The van der Waals surface area contributed by atoms with E-state index in [1.807, 2.05) is 0 Å². The van der Waals surface area contributed by atoms with E-state index in [2.05, 4.69) is 0 Å². The van der Waals surface area contributed by atoms with Gasteiger partial charge in [0.25, 0.3) is 0 Å². The number of alkyl halides is 1. The number of halogens is 1. The van der Waals surface area contributed by atoms with Crippen LogP contribution < -0.4 is 0 Å². The number of carboxylic acids is 1. The van der Waals surface area contributed by atoms with Gasteiger partial charge < -0.3 is 21.5 Å². The van der Waals surface area contributed by atoms with Crippen LogP contribution in [-0.2, 0) is 4.79 Å². The minimum atomic E-state index is -0.980. The molecule has 0 aliphatic heterocycles. The van der Waals surface area contributed by atoms with Gasteiger partial charge in [-0.2, -0.15) is 0 Å². The second kappa shape index (κ2) is 31.1. The van der Waals surface area contributed by atoms with Gasteiger partial charge in [0.1, 0.15) is 5.88 Å². The predicted molar refractivity (Wildman–Crippen MR) is 43.5 cm³/mol. The molecule has 0 saturated carbocycles. The van der Waals surface area contributed by atoms with E-state index in [1.165, 1.54) is 0 Å². The van der Waals surface area contributed by atoms with Gasteiger partial charge in [0, 0.05) is 0 Å². The fraction of sp³-hybridized carbons (Fsp3) is 0.500. The van der Waals surface area contributed by atoms with Crippen molar-refractivity contribution in [2.45, 2.75) is 0 Å². The van der Waals surface area contributed by atoms with Crippen LogP contribution in [0.1, 0.15) is 0 Å². The summed E-state index contributed by atoms with van der Waals surface area (Å²) in [6.07, 6.45) is 0. The summed E-state index contributed by atoms with van der Waals surface area (Å²) in [4.78, 5) is 9.24. The van der Waals surface area contributed by atoms with E-state index < -0.39 is 5.97 Å². The van der Waals surface area contributed by atoms with Gasteiger partial charge in [-0.25, -0.2) is 0 Å². The molecule has 0 heterocycles. The summed E-state index contributed by atoms with van der Waals surface area (Å²) >= 11 is 4.74. The second-order valence-corrected chi connectivity index (χ2v) is 0.795. The van der Waals surface area contributed by atoms with Gasteiger partial charge in [0.05, 0.1) is 0 Å². The zero-order chi connectivity index (χ0) is 4.28. The number of hydrogen-bond acceptors (Lipinski definition) is 1. The number of aliphatic carboxylic acids is 1. The molecular formula is C2H11ClNa2O5. The SMILES string of the molecule is O.O.O.O=C(O)CCl.[NaH].[NaH]. The molecule has 7 N–H and O–H groups in total. The predicted octanol–water partition coefficient (Wildman–Crippen LogP) is -3.46. The van der Waals surface area contributed by atoms with Gasteiger partial charge in [0.15, 0.2) is 0 Å². The first-order valence-electron chi connectivity index (χ1n) is 1.05. The van der Waals surface area contributed by atoms with E-state index in [-0.39, 0.29) is 81.4 Å². The van der Waals surface area contributed by atoms with Crippen LogP contribution in [0.15, 0.2) is 0 Å². The first-order chi connectivity index (χ1) is 2.27. The number of carbonyl (C=O) groups is 1. The summed E-state index contributed by atoms with van der Waals surface area (Å²) in [6.45, 7) is 0. The Bertz CT molecular complexity index is 52.9. The number of carboxylic acid groups (broad SMARTS) is 1. The Morgan fingerprint density at radius 1 is 1.20 bits per heavy atom. The van der Waals surface area contributed by atoms with Crippen molar-refractivity contribution in [2.75, 3.05) is 5.88 Å². The summed E-state index contributed by atoms with van der Waals surface area (Å²) in [6, 6.07) is 0. The Labute approximate surface area is 108 Å². The Kier molecular flexibility index (Phi) is 129. The van der Waals surface area contributed by atoms with E-state index in [4.69, 9.17) is 16.7 Å². The van der Waals surface area contributed by atoms with Crippen molar-refractivity contribution in [1.82, 2.24) is 0 Å². The fourth-order valence-corrected chi connectivity index (χ4v) is 0. The van der Waals surface area contributed by atoms with Crippen molar-refractivity contribution in [2.24, 2.45) is 0 Å². The normalized spacial score (nSPS) is 3.70. The monoisotopic (exact) mass is 196 g/mol. The summed E-state index contributed by atoms with van der Waals surface area (Å²) in [5.74, 6) is -1.29. The molecule has 0 atom stereocenters. The van der Waals surface area contributed by atoms with Crippen LogP contribution in [-0.4, -0.2) is 92.5 Å². The van der Waals surface area contributed by atoms with Crippen molar-refractivity contribution >= 4 is 76.7 Å². The maximum absolute atomic E-state index is 9.24. The Balaban J connectivity index is -0.00000000800. The number of rotatable bonds is 1. The molecule has 0 aromatic heterocycles. The summed E-state index contributed by atoms with van der Waals surface area (Å²) in [5, 5.41) is 7.59. The number of hydrogen-bond donors (Lipinski definition) is 1. The van der Waals surface area contributed by atoms with Crippen molar-refractivity contribution in [3.8, 4) is 0 Å². The standard InChI is InChI=1S/C2H3ClO2.2Na.3H2O.2H/c3-1-2(4)5;;;;;;;/h1H2,(H,4,5);;;3*1H2;;. The van der Waals surface area contributed by atoms with Crippen molar-refractivity contribution in [3.63, 3.8) is 0 Å². The van der Waals surface area contributed by atoms with E-state index in [1.54, 1.807) is 0 Å². The van der Waals surface area contributed by atoms with Crippen LogP contribution >= 0.6 is 11.6 Å². The zero-order valence-corrected chi connectivity index (χ0v) is 4.70. The van der Waals surface area contributed by atoms with Crippen LogP contribution in [0, 0.1) is 0 Å². The molecule has 0 spiro atoms. The molecule has 0 rings (SSSR count). The molecule has 58 valence electrons. The maximum atomic E-state index is 9.24. The second-order valence-electron chi connectivity index (χ2n) is 0.527. The molecule has 0 radical (unpaired) electrons. The van der Waals surface area contributed by atoms with E-state index in [0.717, 1.165) is 0 Å². The topological polar surface area (TPSA) is 132 Å². The van der Waals surface area contributed by atoms with Crippen molar-refractivity contribution in [1.29, 1.82) is 0 Å². The summed E-state index contributed by atoms with van der Waals surface area (Å²) in [5.41, 5.74) is 0. The molecule has 0 fully saturated rings. The summed E-state index contributed by atoms with van der Waals surface area (Å²) in [7, 11) is 0. The molecule has 0 aromatic carbocycles. The van der Waals surface area contributed by atoms with Gasteiger partial charge >= 0.3 is 65.1 Å². The Morgan fingerprint density at radius 2 is 1.30 bits per heavy atom. The van der Waals surface area contributed by atoms with Gasteiger partial charge in [-0.05, 0) is 0 Å². The zero-order valence-electron chi connectivity index (χ0n) is 3.94. The molecule has 0 bridgehead atoms. The van der Waals surface area contributed by atoms with Gasteiger partial charge in [-0.15, -0.1) is 11.6 Å². The Morgan fingerprint density at radius 3 is 1.30 bits per heavy atom. The van der Waals surface area contributed by atoms with Crippen LogP contribution in [0.4, 0.5) is 0 Å². The molecular weight excluding hydrogens is 185 g/mol. The molecule has 0 amide bonds. The van der Waals surface area contributed by atoms with E-state index in [9.17, 15) is 4.79 Å². The molecule has 0 aliphatic carbocycles. The van der Waals surface area contributed by atoms with Crippen LogP contribution in [0.5, 0.6) is 0 Å². The Hall–Kier alpha value is 1.64. The van der Waals surface area contributed by atoms with E-state index in [0.29, 0.717) is 0 Å². The fourth-order valence-electron chi connectivity index (χ4n) is 0. The van der Waals surface area contributed by atoms with E-state index >= 15 is 0 Å². The summed E-state index contributed by atoms with van der Waals surface area (Å²) < 4.78 is 0. The molecule has 0 unspecified atom stereocenters. The molecule has 0 saturated heterocycles. The van der Waals surface area contributed by atoms with Gasteiger partial charge in [-0.3, -0.25) is 4.79 Å².